The molecule has 1 aromatic rings. The summed E-state index contributed by atoms with van der Waals surface area (Å²) in [5, 5.41) is 3.39. The van der Waals surface area contributed by atoms with Gasteiger partial charge >= 0.3 is 0 Å². The van der Waals surface area contributed by atoms with Crippen LogP contribution in [0.2, 0.25) is 0 Å². The number of para-hydroxylation sites is 1. The number of nitrogens with one attached hydrogen (secondary N) is 1. The minimum absolute atomic E-state index is 1.05. The number of anilines is 1. The van der Waals surface area contributed by atoms with Gasteiger partial charge in [-0.15, -0.1) is 11.8 Å². The van der Waals surface area contributed by atoms with E-state index in [2.05, 4.69) is 29.6 Å². The van der Waals surface area contributed by atoms with Crippen molar-refractivity contribution in [1.29, 1.82) is 0 Å². The second kappa shape index (κ2) is 3.18. The normalized spacial score (nSPS) is 16.4. The Morgan fingerprint density at radius 1 is 1.27 bits per heavy atom. The van der Waals surface area contributed by atoms with E-state index < -0.39 is 0 Å². The van der Waals surface area contributed by atoms with Crippen LogP contribution in [-0.2, 0) is 6.42 Å². The zero-order chi connectivity index (χ0) is 7.52. The highest BCUT2D eigenvalue weighted by molar-refractivity contribution is 7.99. The molecule has 11 heavy (non-hydrogen) atoms. The monoisotopic (exact) mass is 165 g/mol. The first-order valence-electron chi connectivity index (χ1n) is 3.86. The van der Waals surface area contributed by atoms with Crippen LogP contribution >= 0.6 is 11.8 Å². The lowest BCUT2D eigenvalue weighted by molar-refractivity contribution is 1.17. The van der Waals surface area contributed by atoms with Crippen LogP contribution in [0.3, 0.4) is 0 Å². The lowest BCUT2D eigenvalue weighted by Gasteiger charge is -2.04. The summed E-state index contributed by atoms with van der Waals surface area (Å²) >= 11 is 1.96. The van der Waals surface area contributed by atoms with Crippen molar-refractivity contribution in [2.45, 2.75) is 6.42 Å². The molecule has 0 atom stereocenters. The van der Waals surface area contributed by atoms with Crippen molar-refractivity contribution in [3.05, 3.63) is 29.8 Å². The van der Waals surface area contributed by atoms with Crippen molar-refractivity contribution < 1.29 is 0 Å². The van der Waals surface area contributed by atoms with Crippen molar-refractivity contribution in [1.82, 2.24) is 0 Å². The van der Waals surface area contributed by atoms with Crippen LogP contribution < -0.4 is 5.32 Å². The molecular formula is C9H11NS. The largest absolute Gasteiger partial charge is 0.376 e. The van der Waals surface area contributed by atoms with Gasteiger partial charge in [0, 0.05) is 5.69 Å². The number of benzene rings is 1. The average molecular weight is 165 g/mol. The maximum Gasteiger partial charge on any atom is 0.0611 e. The number of aryl methyl sites for hydroxylation is 1. The smallest absolute Gasteiger partial charge is 0.0611 e. The third-order valence-corrected chi connectivity index (χ3v) is 2.74. The Kier molecular flexibility index (Phi) is 2.04. The summed E-state index contributed by atoms with van der Waals surface area (Å²) in [6.45, 7) is 0. The highest BCUT2D eigenvalue weighted by atomic mass is 32.2. The quantitative estimate of drug-likeness (QED) is 0.633. The summed E-state index contributed by atoms with van der Waals surface area (Å²) in [7, 11) is 0. The van der Waals surface area contributed by atoms with Gasteiger partial charge in [0.15, 0.2) is 0 Å². The van der Waals surface area contributed by atoms with Crippen molar-refractivity contribution in [3.8, 4) is 0 Å². The molecule has 1 aliphatic heterocycles. The fraction of sp³-hybridized carbons (Fsp3) is 0.333. The molecule has 1 aromatic carbocycles. The van der Waals surface area contributed by atoms with E-state index in [9.17, 15) is 0 Å². The minimum atomic E-state index is 1.05. The van der Waals surface area contributed by atoms with Gasteiger partial charge in [-0.3, -0.25) is 0 Å². The van der Waals surface area contributed by atoms with E-state index in [-0.39, 0.29) is 0 Å². The molecule has 0 unspecified atom stereocenters. The Morgan fingerprint density at radius 2 is 2.18 bits per heavy atom. The van der Waals surface area contributed by atoms with Gasteiger partial charge in [-0.2, -0.15) is 0 Å². The van der Waals surface area contributed by atoms with Gasteiger partial charge < -0.3 is 5.32 Å². The molecule has 0 amide bonds. The molecule has 1 N–H and O–H groups in total. The van der Waals surface area contributed by atoms with Crippen LogP contribution in [0.1, 0.15) is 5.56 Å². The summed E-state index contributed by atoms with van der Waals surface area (Å²) < 4.78 is 0. The van der Waals surface area contributed by atoms with Crippen LogP contribution in [0.15, 0.2) is 24.3 Å². The molecule has 0 radical (unpaired) electrons. The molecule has 0 aromatic heterocycles. The standard InChI is InChI=1S/C9H11NS/c1-2-4-9-8(3-1)5-6-11-7-10-9/h1-4,10H,5-7H2. The van der Waals surface area contributed by atoms with E-state index in [4.69, 9.17) is 0 Å². The maximum absolute atomic E-state index is 3.39. The number of hydrogen-bond acceptors (Lipinski definition) is 2. The van der Waals surface area contributed by atoms with Crippen LogP contribution in [0.5, 0.6) is 0 Å². The molecule has 0 spiro atoms. The third-order valence-electron chi connectivity index (χ3n) is 1.90. The predicted octanol–water partition coefficient (Wildman–Crippen LogP) is 2.35. The average Bonchev–Trinajstić information content (AvgIpc) is 2.28. The van der Waals surface area contributed by atoms with Gasteiger partial charge in [-0.25, -0.2) is 0 Å². The predicted molar refractivity (Wildman–Crippen MR) is 51.1 cm³/mol. The van der Waals surface area contributed by atoms with Crippen molar-refractivity contribution in [3.63, 3.8) is 0 Å². The first kappa shape index (κ1) is 7.04. The van der Waals surface area contributed by atoms with Crippen molar-refractivity contribution in [2.75, 3.05) is 16.9 Å². The van der Waals surface area contributed by atoms with E-state index >= 15 is 0 Å². The third kappa shape index (κ3) is 1.51. The maximum atomic E-state index is 3.39. The number of thioether (sulfide) groups is 1. The summed E-state index contributed by atoms with van der Waals surface area (Å²) in [5.74, 6) is 2.29. The van der Waals surface area contributed by atoms with Crippen LogP contribution in [0.25, 0.3) is 0 Å². The van der Waals surface area contributed by atoms with Gasteiger partial charge in [-0.1, -0.05) is 18.2 Å². The van der Waals surface area contributed by atoms with E-state index in [0.29, 0.717) is 0 Å². The highest BCUT2D eigenvalue weighted by Gasteiger charge is 2.04. The Labute approximate surface area is 71.2 Å². The Hall–Kier alpha value is -0.630. The highest BCUT2D eigenvalue weighted by Crippen LogP contribution is 2.21. The zero-order valence-electron chi connectivity index (χ0n) is 6.34. The Morgan fingerprint density at radius 3 is 3.18 bits per heavy atom. The molecular weight excluding hydrogens is 154 g/mol. The summed E-state index contributed by atoms with van der Waals surface area (Å²) in [5.41, 5.74) is 2.77. The van der Waals surface area contributed by atoms with Crippen LogP contribution in [-0.4, -0.2) is 11.6 Å². The van der Waals surface area contributed by atoms with Gasteiger partial charge in [-0.05, 0) is 23.8 Å². The first-order valence-corrected chi connectivity index (χ1v) is 5.02. The lowest BCUT2D eigenvalue weighted by Crippen LogP contribution is -1.95. The van der Waals surface area contributed by atoms with Crippen molar-refractivity contribution >= 4 is 17.4 Å². The second-order valence-corrected chi connectivity index (χ2v) is 3.74. The fourth-order valence-corrected chi connectivity index (χ4v) is 2.06. The van der Waals surface area contributed by atoms with Crippen LogP contribution in [0, 0.1) is 0 Å². The Balaban J connectivity index is 2.33. The lowest BCUT2D eigenvalue weighted by atomic mass is 10.1. The molecule has 58 valence electrons. The Bertz CT molecular complexity index is 222. The number of fused-ring (bicyclic) bond motifs is 1. The van der Waals surface area contributed by atoms with E-state index in [0.717, 1.165) is 5.88 Å². The molecule has 1 aliphatic rings. The molecule has 0 bridgehead atoms. The fourth-order valence-electron chi connectivity index (χ4n) is 1.29. The molecule has 0 saturated carbocycles. The number of hydrogen-bond donors (Lipinski definition) is 1. The first-order chi connectivity index (χ1) is 5.47. The summed E-state index contributed by atoms with van der Waals surface area (Å²) in [4.78, 5) is 0. The topological polar surface area (TPSA) is 12.0 Å². The van der Waals surface area contributed by atoms with E-state index in [1.165, 1.54) is 23.4 Å². The number of rotatable bonds is 0. The molecule has 2 heteroatoms. The summed E-state index contributed by atoms with van der Waals surface area (Å²) in [6, 6.07) is 8.55. The molecule has 0 aliphatic carbocycles. The minimum Gasteiger partial charge on any atom is -0.376 e. The van der Waals surface area contributed by atoms with Gasteiger partial charge in [0.25, 0.3) is 0 Å². The van der Waals surface area contributed by atoms with Gasteiger partial charge in [0.05, 0.1) is 5.88 Å². The van der Waals surface area contributed by atoms with Gasteiger partial charge in [0.2, 0.25) is 0 Å². The van der Waals surface area contributed by atoms with Crippen molar-refractivity contribution in [2.24, 2.45) is 0 Å². The molecule has 0 fully saturated rings. The zero-order valence-corrected chi connectivity index (χ0v) is 7.16. The van der Waals surface area contributed by atoms with Gasteiger partial charge in [0.1, 0.15) is 0 Å². The molecule has 2 rings (SSSR count). The SMILES string of the molecule is c1ccc2c(c1)CCSCN2. The summed E-state index contributed by atoms with van der Waals surface area (Å²) in [6.07, 6.45) is 1.20. The molecule has 1 heterocycles. The second-order valence-electron chi connectivity index (χ2n) is 2.64. The van der Waals surface area contributed by atoms with E-state index in [1.54, 1.807) is 0 Å². The molecule has 1 nitrogen and oxygen atoms in total. The van der Waals surface area contributed by atoms with Crippen LogP contribution in [0.4, 0.5) is 5.69 Å². The van der Waals surface area contributed by atoms with E-state index in [1.807, 2.05) is 11.8 Å². The molecule has 0 saturated heterocycles.